The van der Waals surface area contributed by atoms with Crippen molar-refractivity contribution in [2.75, 3.05) is 63.0 Å². The Labute approximate surface area is 539 Å². The summed E-state index contributed by atoms with van der Waals surface area (Å²) in [6, 6.07) is -3.55. The normalized spacial score (nSPS) is 14.7. The molecule has 512 valence electrons. The van der Waals surface area contributed by atoms with Crippen LogP contribution in [0.25, 0.3) is 6.08 Å². The lowest BCUT2D eigenvalue weighted by atomic mass is 9.92. The molecular formula is C65H107N11O15. The fraction of sp³-hybridized carbons (Fsp3) is 0.677. The second kappa shape index (κ2) is 38.7. The van der Waals surface area contributed by atoms with Crippen LogP contribution in [0.15, 0.2) is 30.3 Å². The highest BCUT2D eigenvalue weighted by atomic mass is 16.5. The highest BCUT2D eigenvalue weighted by molar-refractivity contribution is 6.00. The molecule has 1 aromatic rings. The number of nitrogens with zero attached hydrogens (tertiary/aromatic N) is 6. The summed E-state index contributed by atoms with van der Waals surface area (Å²) in [5.41, 5.74) is 1.02. The largest absolute Gasteiger partial charge is 0.465 e. The molecule has 91 heavy (non-hydrogen) atoms. The Morgan fingerprint density at radius 1 is 0.582 bits per heavy atom. The zero-order valence-electron chi connectivity index (χ0n) is 58.0. The number of ether oxygens (including phenoxy) is 2. The van der Waals surface area contributed by atoms with Gasteiger partial charge >= 0.3 is 18.0 Å². The molecular weight excluding hydrogens is 1170 g/mol. The molecule has 0 saturated carbocycles. The van der Waals surface area contributed by atoms with Gasteiger partial charge in [-0.05, 0) is 99.7 Å². The van der Waals surface area contributed by atoms with E-state index in [2.05, 4.69) is 26.6 Å². The summed E-state index contributed by atoms with van der Waals surface area (Å²) in [5.74, 6) is -9.27. The number of esters is 2. The SMILES string of the molecule is CCCC(=O)N(C)C(C(=O)N[C@@H](CC)C(=O)N(C)CC(=O)N(C)[C@@H](CC(C)C)C(=O)N[C@H](C(=O)N(C)[C@@H](CC(C)C)C(=O)N[C@H](C)C(=O)NC(C)C(=O)N(C)[C@@H](CC(C)C)C(=O)N(C)C(=O)NC)C(C)C)[C@H](OC(C)=O)[C@H](C)C/C=C/c1cccc(C(=O)OC)c1. The van der Waals surface area contributed by atoms with Crippen LogP contribution in [0.3, 0.4) is 0 Å². The van der Waals surface area contributed by atoms with E-state index in [1.165, 1.54) is 96.8 Å². The van der Waals surface area contributed by atoms with Gasteiger partial charge < -0.3 is 60.6 Å². The second-order valence-corrected chi connectivity index (χ2v) is 25.2. The van der Waals surface area contributed by atoms with Crippen molar-refractivity contribution in [3.05, 3.63) is 41.5 Å². The maximum absolute atomic E-state index is 14.6. The van der Waals surface area contributed by atoms with Gasteiger partial charge in [0.15, 0.2) is 0 Å². The molecule has 1 aromatic carbocycles. The van der Waals surface area contributed by atoms with E-state index < -0.39 is 150 Å². The standard InChI is InChI=1S/C65H107N11O15/c1-23-27-51(78)75(20)54(55(91-44(14)77)41(11)28-25-29-45-30-26-31-46(35-45)64(88)90-22)59(83)69-47(24-2)61(85)71(16)36-52(79)72(17)48(32-37(3)4)58(82)70-53(40(9)10)63(87)73(18)49(33-38(5)6)57(81)67-42(12)56(80)68-43(13)60(84)74(19)50(34-39(7)8)62(86)76(21)65(89)66-15/h25-26,29-31,35,37-43,47-50,53-55H,23-24,27-28,32-34,36H2,1-22H3,(H,66,89)(H,67,81)(H,68,80)(H,69,83)(H,70,82)/b29-25+/t41-,42-,43?,47+,48+,49+,50+,53+,54?,55-/m1/s1. The summed E-state index contributed by atoms with van der Waals surface area (Å²) in [4.78, 5) is 184. The van der Waals surface area contributed by atoms with Crippen LogP contribution in [0.2, 0.25) is 0 Å². The van der Waals surface area contributed by atoms with Crippen molar-refractivity contribution in [1.29, 1.82) is 0 Å². The molecule has 0 radical (unpaired) electrons. The zero-order valence-corrected chi connectivity index (χ0v) is 58.0. The molecule has 26 heteroatoms. The topological polar surface area (TPSA) is 320 Å². The van der Waals surface area contributed by atoms with Gasteiger partial charge in [0.1, 0.15) is 54.4 Å². The first-order valence-electron chi connectivity index (χ1n) is 31.4. The summed E-state index contributed by atoms with van der Waals surface area (Å²) >= 11 is 0. The number of allylic oxidation sites excluding steroid dienone is 1. The van der Waals surface area contributed by atoms with Crippen LogP contribution in [0.5, 0.6) is 0 Å². The highest BCUT2D eigenvalue weighted by Gasteiger charge is 2.43. The van der Waals surface area contributed by atoms with Gasteiger partial charge in [0.25, 0.3) is 5.91 Å². The van der Waals surface area contributed by atoms with E-state index in [0.717, 1.165) is 9.80 Å². The fourth-order valence-electron chi connectivity index (χ4n) is 10.1. The second-order valence-electron chi connectivity index (χ2n) is 25.2. The van der Waals surface area contributed by atoms with Crippen LogP contribution in [0.1, 0.15) is 158 Å². The van der Waals surface area contributed by atoms with Crippen molar-refractivity contribution in [3.8, 4) is 0 Å². The minimum Gasteiger partial charge on any atom is -0.465 e. The Bertz CT molecular complexity index is 2720. The molecule has 10 atom stereocenters. The molecule has 0 heterocycles. The third-order valence-corrected chi connectivity index (χ3v) is 15.6. The number of urea groups is 1. The van der Waals surface area contributed by atoms with Gasteiger partial charge in [-0.2, -0.15) is 0 Å². The summed E-state index contributed by atoms with van der Waals surface area (Å²) in [6.07, 6.45) is 3.62. The van der Waals surface area contributed by atoms with Crippen LogP contribution in [-0.4, -0.2) is 224 Å². The van der Waals surface area contributed by atoms with E-state index in [1.807, 2.05) is 41.5 Å². The number of methoxy groups -OCH3 is 1. The predicted octanol–water partition coefficient (Wildman–Crippen LogP) is 3.99. The number of nitrogens with one attached hydrogen (secondary N) is 5. The van der Waals surface area contributed by atoms with Crippen molar-refractivity contribution < 1.29 is 71.8 Å². The van der Waals surface area contributed by atoms with Gasteiger partial charge in [-0.1, -0.05) is 100 Å². The fourth-order valence-corrected chi connectivity index (χ4v) is 10.1. The minimum atomic E-state index is -1.41. The Balaban J connectivity index is 3.43. The molecule has 12 amide bonds. The molecule has 0 aliphatic rings. The number of imide groups is 1. The summed E-state index contributed by atoms with van der Waals surface area (Å²) in [6.45, 7) is 23.1. The summed E-state index contributed by atoms with van der Waals surface area (Å²) in [7, 11) is 10.9. The number of carbonyl (C=O) groups is 13. The monoisotopic (exact) mass is 1280 g/mol. The van der Waals surface area contributed by atoms with Gasteiger partial charge in [-0.15, -0.1) is 0 Å². The minimum absolute atomic E-state index is 0.0386. The number of hydrogen-bond donors (Lipinski definition) is 5. The number of hydrogen-bond acceptors (Lipinski definition) is 15. The molecule has 0 aromatic heterocycles. The van der Waals surface area contributed by atoms with Crippen molar-refractivity contribution in [2.45, 2.75) is 196 Å². The van der Waals surface area contributed by atoms with Gasteiger partial charge in [0.2, 0.25) is 53.2 Å². The lowest BCUT2D eigenvalue weighted by molar-refractivity contribution is -0.161. The molecule has 0 aliphatic heterocycles. The molecule has 5 N–H and O–H groups in total. The van der Waals surface area contributed by atoms with Crippen molar-refractivity contribution in [3.63, 3.8) is 0 Å². The number of likely N-dealkylation sites (N-methyl/N-ethyl adjacent to an activating group) is 6. The first-order valence-corrected chi connectivity index (χ1v) is 31.4. The number of carbonyl (C=O) groups excluding carboxylic acids is 13. The summed E-state index contributed by atoms with van der Waals surface area (Å²) in [5, 5.41) is 13.2. The van der Waals surface area contributed by atoms with E-state index >= 15 is 0 Å². The van der Waals surface area contributed by atoms with Crippen LogP contribution >= 0.6 is 0 Å². The maximum Gasteiger partial charge on any atom is 0.337 e. The molecule has 0 aliphatic carbocycles. The Morgan fingerprint density at radius 2 is 1.11 bits per heavy atom. The lowest BCUT2D eigenvalue weighted by Gasteiger charge is -2.37. The van der Waals surface area contributed by atoms with E-state index in [0.29, 0.717) is 17.5 Å². The maximum atomic E-state index is 14.6. The lowest BCUT2D eigenvalue weighted by Crippen LogP contribution is -2.61. The van der Waals surface area contributed by atoms with Crippen LogP contribution in [-0.2, 0) is 62.2 Å². The van der Waals surface area contributed by atoms with Gasteiger partial charge in [0, 0.05) is 62.7 Å². The smallest absolute Gasteiger partial charge is 0.337 e. The van der Waals surface area contributed by atoms with Gasteiger partial charge in [-0.3, -0.25) is 57.6 Å². The Hall–Kier alpha value is -7.93. The van der Waals surface area contributed by atoms with Crippen molar-refractivity contribution >= 4 is 83.1 Å². The molecule has 0 bridgehead atoms. The molecule has 0 spiro atoms. The zero-order chi connectivity index (χ0) is 70.1. The van der Waals surface area contributed by atoms with E-state index in [9.17, 15) is 62.3 Å². The molecule has 0 saturated heterocycles. The van der Waals surface area contributed by atoms with Crippen molar-refractivity contribution in [1.82, 2.24) is 56.0 Å². The average molecular weight is 1280 g/mol. The van der Waals surface area contributed by atoms with E-state index in [4.69, 9.17) is 9.47 Å². The Morgan fingerprint density at radius 3 is 1.62 bits per heavy atom. The molecule has 0 fully saturated rings. The molecule has 1 rings (SSSR count). The van der Waals surface area contributed by atoms with Gasteiger partial charge in [-0.25, -0.2) is 9.59 Å². The first-order chi connectivity index (χ1) is 42.3. The number of benzene rings is 1. The van der Waals surface area contributed by atoms with E-state index in [-0.39, 0.29) is 56.3 Å². The number of amides is 12. The third-order valence-electron chi connectivity index (χ3n) is 15.6. The predicted molar refractivity (Wildman–Crippen MR) is 345 cm³/mol. The molecule has 26 nitrogen and oxygen atoms in total. The van der Waals surface area contributed by atoms with Crippen LogP contribution in [0, 0.1) is 29.6 Å². The Kier molecular flexibility index (Phi) is 34.5. The molecule has 2 unspecified atom stereocenters. The van der Waals surface area contributed by atoms with Crippen molar-refractivity contribution in [2.24, 2.45) is 29.6 Å². The summed E-state index contributed by atoms with van der Waals surface area (Å²) < 4.78 is 10.6. The van der Waals surface area contributed by atoms with E-state index in [1.54, 1.807) is 71.0 Å². The van der Waals surface area contributed by atoms with Crippen LogP contribution < -0.4 is 26.6 Å². The quantitative estimate of drug-likeness (QED) is 0.0600. The average Bonchev–Trinajstić information content (AvgIpc) is 0.906. The highest BCUT2D eigenvalue weighted by Crippen LogP contribution is 2.24. The number of rotatable bonds is 35. The van der Waals surface area contributed by atoms with Gasteiger partial charge in [0.05, 0.1) is 19.2 Å². The first kappa shape index (κ1) is 81.1. The van der Waals surface area contributed by atoms with Crippen LogP contribution in [0.4, 0.5) is 4.79 Å². The third kappa shape index (κ3) is 25.0.